The van der Waals surface area contributed by atoms with Gasteiger partial charge >= 0.3 is 6.03 Å². The summed E-state index contributed by atoms with van der Waals surface area (Å²) in [5, 5.41) is 3.88. The van der Waals surface area contributed by atoms with E-state index in [1.54, 1.807) is 4.57 Å². The van der Waals surface area contributed by atoms with E-state index in [4.69, 9.17) is 0 Å². The monoisotopic (exact) mass is 250 g/mol. The van der Waals surface area contributed by atoms with Gasteiger partial charge in [-0.1, -0.05) is 22.0 Å². The Labute approximate surface area is 88.8 Å². The third kappa shape index (κ3) is 0.889. The highest BCUT2D eigenvalue weighted by Crippen LogP contribution is 2.28. The summed E-state index contributed by atoms with van der Waals surface area (Å²) < 4.78 is 2.75. The van der Waals surface area contributed by atoms with Crippen LogP contribution >= 0.6 is 15.9 Å². The molecule has 14 heavy (non-hydrogen) atoms. The summed E-state index contributed by atoms with van der Waals surface area (Å²) >= 11 is 3.47. The SMILES string of the molecule is O=C1NCc2cc3c(Br)cccc3n21. The van der Waals surface area contributed by atoms with Crippen LogP contribution in [0.25, 0.3) is 10.9 Å². The van der Waals surface area contributed by atoms with Gasteiger partial charge in [-0.25, -0.2) is 4.79 Å². The number of carbonyl (C=O) groups excluding carboxylic acids is 1. The second-order valence-electron chi connectivity index (χ2n) is 3.30. The summed E-state index contributed by atoms with van der Waals surface area (Å²) in [5.74, 6) is 0. The van der Waals surface area contributed by atoms with Crippen LogP contribution in [-0.2, 0) is 6.54 Å². The number of aromatic nitrogens is 1. The highest BCUT2D eigenvalue weighted by molar-refractivity contribution is 9.10. The van der Waals surface area contributed by atoms with Crippen LogP contribution in [-0.4, -0.2) is 10.6 Å². The first-order chi connectivity index (χ1) is 6.77. The Kier molecular flexibility index (Phi) is 1.50. The van der Waals surface area contributed by atoms with Crippen LogP contribution in [0.3, 0.4) is 0 Å². The summed E-state index contributed by atoms with van der Waals surface area (Å²) in [6.07, 6.45) is 0. The van der Waals surface area contributed by atoms with Gasteiger partial charge in [-0.15, -0.1) is 0 Å². The number of amides is 1. The Morgan fingerprint density at radius 2 is 2.29 bits per heavy atom. The topological polar surface area (TPSA) is 34.0 Å². The molecule has 3 nitrogen and oxygen atoms in total. The zero-order chi connectivity index (χ0) is 9.71. The molecule has 0 spiro atoms. The van der Waals surface area contributed by atoms with Gasteiger partial charge in [0.1, 0.15) is 0 Å². The molecule has 0 radical (unpaired) electrons. The van der Waals surface area contributed by atoms with E-state index in [0.29, 0.717) is 6.54 Å². The first-order valence-corrected chi connectivity index (χ1v) is 5.14. The van der Waals surface area contributed by atoms with Crippen molar-refractivity contribution in [1.82, 2.24) is 9.88 Å². The lowest BCUT2D eigenvalue weighted by Gasteiger charge is -1.98. The second-order valence-corrected chi connectivity index (χ2v) is 4.16. The molecule has 0 fully saturated rings. The lowest BCUT2D eigenvalue weighted by atomic mass is 10.2. The molecule has 0 saturated heterocycles. The maximum absolute atomic E-state index is 11.5. The minimum absolute atomic E-state index is 0.0342. The van der Waals surface area contributed by atoms with Crippen molar-refractivity contribution >= 4 is 32.9 Å². The summed E-state index contributed by atoms with van der Waals surface area (Å²) in [6, 6.07) is 7.88. The average molecular weight is 251 g/mol. The van der Waals surface area contributed by atoms with Gasteiger partial charge in [0.05, 0.1) is 12.1 Å². The van der Waals surface area contributed by atoms with Gasteiger partial charge in [0.15, 0.2) is 0 Å². The highest BCUT2D eigenvalue weighted by Gasteiger charge is 2.21. The predicted octanol–water partition coefficient (Wildman–Crippen LogP) is 2.48. The molecule has 1 N–H and O–H groups in total. The molecule has 1 aliphatic heterocycles. The van der Waals surface area contributed by atoms with Crippen molar-refractivity contribution in [2.45, 2.75) is 6.54 Å². The number of halogens is 1. The number of rotatable bonds is 0. The Balaban J connectivity index is 2.47. The molecule has 2 aromatic rings. The van der Waals surface area contributed by atoms with Crippen LogP contribution in [0, 0.1) is 0 Å². The average Bonchev–Trinajstić information content (AvgIpc) is 2.68. The van der Waals surface area contributed by atoms with E-state index in [0.717, 1.165) is 21.1 Å². The van der Waals surface area contributed by atoms with Gasteiger partial charge in [-0.2, -0.15) is 0 Å². The molecule has 1 aromatic heterocycles. The molecule has 0 unspecified atom stereocenters. The van der Waals surface area contributed by atoms with Gasteiger partial charge in [0, 0.05) is 15.6 Å². The lowest BCUT2D eigenvalue weighted by molar-refractivity contribution is 0.247. The number of nitrogens with zero attached hydrogens (tertiary/aromatic N) is 1. The fourth-order valence-corrected chi connectivity index (χ4v) is 2.33. The summed E-state index contributed by atoms with van der Waals surface area (Å²) in [6.45, 7) is 0.625. The molecule has 0 atom stereocenters. The van der Waals surface area contributed by atoms with Gasteiger partial charge in [-0.05, 0) is 18.2 Å². The number of nitrogens with one attached hydrogen (secondary N) is 1. The third-order valence-corrected chi connectivity index (χ3v) is 3.18. The molecule has 1 aliphatic rings. The molecule has 3 rings (SSSR count). The van der Waals surface area contributed by atoms with Crippen molar-refractivity contribution in [3.63, 3.8) is 0 Å². The van der Waals surface area contributed by atoms with E-state index >= 15 is 0 Å². The van der Waals surface area contributed by atoms with Crippen LogP contribution in [0.2, 0.25) is 0 Å². The molecular weight excluding hydrogens is 244 g/mol. The quantitative estimate of drug-likeness (QED) is 0.766. The first kappa shape index (κ1) is 8.05. The van der Waals surface area contributed by atoms with Crippen molar-refractivity contribution < 1.29 is 4.79 Å². The molecule has 1 amide bonds. The smallest absolute Gasteiger partial charge is 0.326 e. The third-order valence-electron chi connectivity index (χ3n) is 2.49. The number of benzene rings is 1. The van der Waals surface area contributed by atoms with Crippen LogP contribution in [0.5, 0.6) is 0 Å². The van der Waals surface area contributed by atoms with Gasteiger partial charge < -0.3 is 5.32 Å². The van der Waals surface area contributed by atoms with Gasteiger partial charge in [-0.3, -0.25) is 4.57 Å². The van der Waals surface area contributed by atoms with Crippen LogP contribution in [0.1, 0.15) is 5.69 Å². The molecule has 0 aliphatic carbocycles. The number of carbonyl (C=O) groups is 1. The number of hydrogen-bond donors (Lipinski definition) is 1. The number of fused-ring (bicyclic) bond motifs is 3. The van der Waals surface area contributed by atoms with Gasteiger partial charge in [0.2, 0.25) is 0 Å². The van der Waals surface area contributed by atoms with E-state index in [1.165, 1.54) is 0 Å². The van der Waals surface area contributed by atoms with E-state index in [2.05, 4.69) is 21.2 Å². The minimum Gasteiger partial charge on any atom is -0.332 e. The zero-order valence-corrected chi connectivity index (χ0v) is 8.84. The summed E-state index contributed by atoms with van der Waals surface area (Å²) in [5.41, 5.74) is 1.99. The van der Waals surface area contributed by atoms with E-state index in [1.807, 2.05) is 24.3 Å². The largest absolute Gasteiger partial charge is 0.332 e. The molecule has 1 aromatic carbocycles. The second kappa shape index (κ2) is 2.60. The van der Waals surface area contributed by atoms with E-state index in [-0.39, 0.29) is 6.03 Å². The van der Waals surface area contributed by atoms with Crippen molar-refractivity contribution in [3.05, 3.63) is 34.4 Å². The van der Waals surface area contributed by atoms with Crippen molar-refractivity contribution in [3.8, 4) is 0 Å². The molecule has 4 heteroatoms. The standard InChI is InChI=1S/C10H7BrN2O/c11-8-2-1-3-9-7(8)4-6-5-12-10(14)13(6)9/h1-4H,5H2,(H,12,14). The summed E-state index contributed by atoms with van der Waals surface area (Å²) in [7, 11) is 0. The van der Waals surface area contributed by atoms with Gasteiger partial charge in [0.25, 0.3) is 0 Å². The van der Waals surface area contributed by atoms with E-state index in [9.17, 15) is 4.79 Å². The molecular formula is C10H7BrN2O. The lowest BCUT2D eigenvalue weighted by Crippen LogP contribution is -2.17. The fourth-order valence-electron chi connectivity index (χ4n) is 1.86. The Morgan fingerprint density at radius 1 is 1.43 bits per heavy atom. The van der Waals surface area contributed by atoms with Crippen molar-refractivity contribution in [1.29, 1.82) is 0 Å². The Hall–Kier alpha value is -1.29. The van der Waals surface area contributed by atoms with Crippen molar-refractivity contribution in [2.24, 2.45) is 0 Å². The zero-order valence-electron chi connectivity index (χ0n) is 7.25. The maximum Gasteiger partial charge on any atom is 0.326 e. The van der Waals surface area contributed by atoms with Crippen LogP contribution in [0.4, 0.5) is 4.79 Å². The van der Waals surface area contributed by atoms with Crippen LogP contribution < -0.4 is 5.32 Å². The highest BCUT2D eigenvalue weighted by atomic mass is 79.9. The predicted molar refractivity (Wildman–Crippen MR) is 57.3 cm³/mol. The molecule has 0 saturated carbocycles. The maximum atomic E-state index is 11.5. The summed E-state index contributed by atoms with van der Waals surface area (Å²) in [4.78, 5) is 11.5. The minimum atomic E-state index is -0.0342. The fraction of sp³-hybridized carbons (Fsp3) is 0.100. The van der Waals surface area contributed by atoms with Crippen LogP contribution in [0.15, 0.2) is 28.7 Å². The molecule has 0 bridgehead atoms. The van der Waals surface area contributed by atoms with E-state index < -0.39 is 0 Å². The Bertz CT molecular complexity index is 544. The first-order valence-electron chi connectivity index (χ1n) is 4.34. The normalized spacial score (nSPS) is 14.5. The van der Waals surface area contributed by atoms with Crippen molar-refractivity contribution in [2.75, 3.05) is 0 Å². The molecule has 70 valence electrons. The molecule has 2 heterocycles. The number of hydrogen-bond acceptors (Lipinski definition) is 1. The Morgan fingerprint density at radius 3 is 3.14 bits per heavy atom.